The fraction of sp³-hybridized carbons (Fsp3) is 0.700. The molecule has 90 valence electrons. The van der Waals surface area contributed by atoms with Crippen molar-refractivity contribution in [1.29, 1.82) is 0 Å². The van der Waals surface area contributed by atoms with E-state index in [1.165, 1.54) is 4.90 Å². The van der Waals surface area contributed by atoms with Gasteiger partial charge in [0.1, 0.15) is 12.5 Å². The molecule has 0 aromatic rings. The van der Waals surface area contributed by atoms with Crippen molar-refractivity contribution in [1.82, 2.24) is 4.90 Å². The Bertz CT molecular complexity index is 316. The first-order chi connectivity index (χ1) is 7.43. The number of hydrogen-bond acceptors (Lipinski definition) is 3. The Kier molecular flexibility index (Phi) is 3.87. The minimum atomic E-state index is -1.02. The molecule has 0 aliphatic carbocycles. The molecule has 0 radical (unpaired) electrons. The SMILES string of the molecule is CC1CCCN(C(=O)CC(N)=O)C1C(=O)O. The van der Waals surface area contributed by atoms with Gasteiger partial charge in [-0.15, -0.1) is 0 Å². The number of aliphatic carboxylic acids is 1. The molecule has 6 heteroatoms. The fourth-order valence-electron chi connectivity index (χ4n) is 2.09. The van der Waals surface area contributed by atoms with Gasteiger partial charge >= 0.3 is 5.97 Å². The minimum absolute atomic E-state index is 0.0944. The largest absolute Gasteiger partial charge is 0.480 e. The van der Waals surface area contributed by atoms with E-state index in [4.69, 9.17) is 10.8 Å². The molecule has 0 aromatic carbocycles. The van der Waals surface area contributed by atoms with Crippen molar-refractivity contribution in [3.8, 4) is 0 Å². The Labute approximate surface area is 93.4 Å². The zero-order valence-electron chi connectivity index (χ0n) is 9.18. The van der Waals surface area contributed by atoms with Crippen LogP contribution in [-0.2, 0) is 14.4 Å². The van der Waals surface area contributed by atoms with E-state index in [-0.39, 0.29) is 5.92 Å². The van der Waals surface area contributed by atoms with Crippen LogP contribution in [0.15, 0.2) is 0 Å². The Morgan fingerprint density at radius 2 is 2.06 bits per heavy atom. The third kappa shape index (κ3) is 2.71. The number of amides is 2. The number of rotatable bonds is 3. The average molecular weight is 228 g/mol. The second-order valence-corrected chi connectivity index (χ2v) is 4.13. The molecule has 0 spiro atoms. The van der Waals surface area contributed by atoms with E-state index >= 15 is 0 Å². The highest BCUT2D eigenvalue weighted by Crippen LogP contribution is 2.24. The van der Waals surface area contributed by atoms with Crippen LogP contribution in [0.25, 0.3) is 0 Å². The molecule has 0 bridgehead atoms. The smallest absolute Gasteiger partial charge is 0.326 e. The second-order valence-electron chi connectivity index (χ2n) is 4.13. The topological polar surface area (TPSA) is 101 Å². The van der Waals surface area contributed by atoms with E-state index in [1.54, 1.807) is 6.92 Å². The molecule has 1 heterocycles. The summed E-state index contributed by atoms with van der Waals surface area (Å²) in [4.78, 5) is 34.6. The van der Waals surface area contributed by atoms with Crippen molar-refractivity contribution in [3.05, 3.63) is 0 Å². The Balaban J connectivity index is 2.78. The zero-order valence-corrected chi connectivity index (χ0v) is 9.18. The van der Waals surface area contributed by atoms with E-state index in [2.05, 4.69) is 0 Å². The van der Waals surface area contributed by atoms with Crippen molar-refractivity contribution < 1.29 is 19.5 Å². The van der Waals surface area contributed by atoms with Gasteiger partial charge in [-0.1, -0.05) is 6.92 Å². The number of carbonyl (C=O) groups is 3. The molecule has 0 aromatic heterocycles. The van der Waals surface area contributed by atoms with Crippen molar-refractivity contribution in [2.45, 2.75) is 32.2 Å². The lowest BCUT2D eigenvalue weighted by Crippen LogP contribution is -2.52. The van der Waals surface area contributed by atoms with Gasteiger partial charge in [-0.25, -0.2) is 4.79 Å². The van der Waals surface area contributed by atoms with Crippen LogP contribution < -0.4 is 5.73 Å². The first kappa shape index (κ1) is 12.5. The highest BCUT2D eigenvalue weighted by molar-refractivity contribution is 5.97. The summed E-state index contributed by atoms with van der Waals surface area (Å²) in [6.45, 7) is 2.18. The van der Waals surface area contributed by atoms with Gasteiger partial charge in [0.2, 0.25) is 11.8 Å². The maximum Gasteiger partial charge on any atom is 0.326 e. The summed E-state index contributed by atoms with van der Waals surface area (Å²) >= 11 is 0. The van der Waals surface area contributed by atoms with Gasteiger partial charge in [0.15, 0.2) is 0 Å². The number of likely N-dealkylation sites (tertiary alicyclic amines) is 1. The number of carboxylic acid groups (broad SMARTS) is 1. The fourth-order valence-corrected chi connectivity index (χ4v) is 2.09. The van der Waals surface area contributed by atoms with E-state index in [0.29, 0.717) is 6.54 Å². The van der Waals surface area contributed by atoms with Crippen LogP contribution in [0.5, 0.6) is 0 Å². The van der Waals surface area contributed by atoms with Crippen molar-refractivity contribution >= 4 is 17.8 Å². The first-order valence-corrected chi connectivity index (χ1v) is 5.24. The lowest BCUT2D eigenvalue weighted by molar-refractivity contribution is -0.155. The highest BCUT2D eigenvalue weighted by Gasteiger charge is 2.37. The van der Waals surface area contributed by atoms with Gasteiger partial charge in [0.05, 0.1) is 0 Å². The lowest BCUT2D eigenvalue weighted by Gasteiger charge is -2.37. The third-order valence-corrected chi connectivity index (χ3v) is 2.83. The van der Waals surface area contributed by atoms with E-state index in [9.17, 15) is 14.4 Å². The molecule has 6 nitrogen and oxygen atoms in total. The summed E-state index contributed by atoms with van der Waals surface area (Å²) in [7, 11) is 0. The second kappa shape index (κ2) is 4.96. The molecule has 2 unspecified atom stereocenters. The number of nitrogens with two attached hydrogens (primary N) is 1. The van der Waals surface area contributed by atoms with Crippen LogP contribution in [0.3, 0.4) is 0 Å². The molecule has 0 saturated carbocycles. The Hall–Kier alpha value is -1.59. The molecule has 2 atom stereocenters. The van der Waals surface area contributed by atoms with Gasteiger partial charge < -0.3 is 15.7 Å². The van der Waals surface area contributed by atoms with Gasteiger partial charge in [0, 0.05) is 6.54 Å². The van der Waals surface area contributed by atoms with Crippen LogP contribution >= 0.6 is 0 Å². The van der Waals surface area contributed by atoms with Gasteiger partial charge in [-0.05, 0) is 18.8 Å². The number of carboxylic acids is 1. The zero-order chi connectivity index (χ0) is 12.3. The quantitative estimate of drug-likeness (QED) is 0.640. The maximum absolute atomic E-state index is 11.6. The van der Waals surface area contributed by atoms with Gasteiger partial charge in [-0.3, -0.25) is 9.59 Å². The number of nitrogens with zero attached hydrogens (tertiary/aromatic N) is 1. The minimum Gasteiger partial charge on any atom is -0.480 e. The predicted molar refractivity (Wildman–Crippen MR) is 55.3 cm³/mol. The van der Waals surface area contributed by atoms with E-state index < -0.39 is 30.2 Å². The number of primary amides is 1. The van der Waals surface area contributed by atoms with Gasteiger partial charge in [0.25, 0.3) is 0 Å². The molecular weight excluding hydrogens is 212 g/mol. The van der Waals surface area contributed by atoms with Gasteiger partial charge in [-0.2, -0.15) is 0 Å². The van der Waals surface area contributed by atoms with Crippen molar-refractivity contribution in [2.75, 3.05) is 6.54 Å². The number of piperidine rings is 1. The maximum atomic E-state index is 11.6. The van der Waals surface area contributed by atoms with Crippen LogP contribution in [0.4, 0.5) is 0 Å². The van der Waals surface area contributed by atoms with E-state index in [0.717, 1.165) is 12.8 Å². The van der Waals surface area contributed by atoms with Crippen molar-refractivity contribution in [3.63, 3.8) is 0 Å². The molecular formula is C10H16N2O4. The monoisotopic (exact) mass is 228 g/mol. The van der Waals surface area contributed by atoms with Crippen molar-refractivity contribution in [2.24, 2.45) is 11.7 Å². The number of hydrogen-bond donors (Lipinski definition) is 2. The first-order valence-electron chi connectivity index (χ1n) is 5.24. The van der Waals surface area contributed by atoms with Crippen LogP contribution in [0.2, 0.25) is 0 Å². The van der Waals surface area contributed by atoms with Crippen LogP contribution in [0, 0.1) is 5.92 Å². The number of carbonyl (C=O) groups excluding carboxylic acids is 2. The highest BCUT2D eigenvalue weighted by atomic mass is 16.4. The molecule has 16 heavy (non-hydrogen) atoms. The molecule has 3 N–H and O–H groups in total. The summed E-state index contributed by atoms with van der Waals surface area (Å²) < 4.78 is 0. The summed E-state index contributed by atoms with van der Waals surface area (Å²) in [6.07, 6.45) is 1.11. The Morgan fingerprint density at radius 1 is 1.44 bits per heavy atom. The standard InChI is InChI=1S/C10H16N2O4/c1-6-3-2-4-12(9(6)10(15)16)8(14)5-7(11)13/h6,9H,2-5H2,1H3,(H2,11,13)(H,15,16). The molecule has 1 saturated heterocycles. The summed E-state index contributed by atoms with van der Waals surface area (Å²) in [6, 6.07) is -0.833. The summed E-state index contributed by atoms with van der Waals surface area (Å²) in [5, 5.41) is 9.05. The predicted octanol–water partition coefficient (Wildman–Crippen LogP) is -0.426. The molecule has 1 fully saturated rings. The molecule has 2 amide bonds. The van der Waals surface area contributed by atoms with Crippen LogP contribution in [-0.4, -0.2) is 40.4 Å². The average Bonchev–Trinajstić information content (AvgIpc) is 2.15. The normalized spacial score (nSPS) is 25.2. The lowest BCUT2D eigenvalue weighted by atomic mass is 9.90. The third-order valence-electron chi connectivity index (χ3n) is 2.83. The molecule has 1 aliphatic heterocycles. The van der Waals surface area contributed by atoms with E-state index in [1.807, 2.05) is 0 Å². The molecule has 1 aliphatic rings. The summed E-state index contributed by atoms with van der Waals surface area (Å²) in [5.41, 5.74) is 4.92. The van der Waals surface area contributed by atoms with Crippen LogP contribution in [0.1, 0.15) is 26.2 Å². The Morgan fingerprint density at radius 3 is 2.56 bits per heavy atom. The summed E-state index contributed by atoms with van der Waals surface area (Å²) in [5.74, 6) is -2.34. The molecule has 1 rings (SSSR count).